The van der Waals surface area contributed by atoms with Crippen LogP contribution in [-0.4, -0.2) is 24.3 Å². The summed E-state index contributed by atoms with van der Waals surface area (Å²) in [6.07, 6.45) is 2.87. The van der Waals surface area contributed by atoms with Crippen molar-refractivity contribution in [3.8, 4) is 0 Å². The molecule has 8 heteroatoms. The van der Waals surface area contributed by atoms with Gasteiger partial charge in [-0.05, 0) is 6.92 Å². The molecule has 0 aliphatic carbocycles. The lowest BCUT2D eigenvalue weighted by Gasteiger charge is -2.04. The van der Waals surface area contributed by atoms with Crippen molar-refractivity contribution in [3.05, 3.63) is 49.7 Å². The molecule has 8 nitrogen and oxygen atoms in total. The number of imidazole rings is 1. The van der Waals surface area contributed by atoms with Gasteiger partial charge in [0.05, 0.1) is 0 Å². The molecule has 0 unspecified atom stereocenters. The third-order valence-electron chi connectivity index (χ3n) is 1.84. The topological polar surface area (TPSA) is 106 Å². The van der Waals surface area contributed by atoms with E-state index in [1.165, 1.54) is 17.1 Å². The molecule has 0 aromatic carbocycles. The summed E-state index contributed by atoms with van der Waals surface area (Å²) in [5.74, 6) is 0.453. The maximum Gasteiger partial charge on any atom is 0.353 e. The molecule has 0 bridgehead atoms. The second kappa shape index (κ2) is 3.08. The van der Waals surface area contributed by atoms with Gasteiger partial charge in [-0.3, -0.25) is 9.97 Å². The fraction of sp³-hybridized carbons (Fsp3) is 0.143. The number of rotatable bonds is 1. The first kappa shape index (κ1) is 9.19. The Morgan fingerprint density at radius 1 is 1.20 bits per heavy atom. The van der Waals surface area contributed by atoms with Crippen molar-refractivity contribution in [2.24, 2.45) is 0 Å². The predicted molar refractivity (Wildman–Crippen MR) is 49.7 cm³/mol. The molecule has 0 fully saturated rings. The van der Waals surface area contributed by atoms with Gasteiger partial charge in [0.15, 0.2) is 0 Å². The molecule has 2 aromatic rings. The number of nitrogens with one attached hydrogen (secondary N) is 2. The quantitative estimate of drug-likeness (QED) is 0.568. The Bertz CT molecular complexity index is 624. The van der Waals surface area contributed by atoms with Crippen LogP contribution in [0.5, 0.6) is 0 Å². The third-order valence-corrected chi connectivity index (χ3v) is 1.84. The average molecular weight is 209 g/mol. The number of H-pyrrole nitrogens is 2. The number of hydrogen-bond donors (Lipinski definition) is 2. The van der Waals surface area contributed by atoms with E-state index in [1.807, 2.05) is 9.97 Å². The fourth-order valence-electron chi connectivity index (χ4n) is 1.20. The molecule has 2 heterocycles. The summed E-state index contributed by atoms with van der Waals surface area (Å²) in [6, 6.07) is 0. The van der Waals surface area contributed by atoms with E-state index in [2.05, 4.69) is 4.98 Å². The van der Waals surface area contributed by atoms with Crippen LogP contribution in [0.15, 0.2) is 26.8 Å². The van der Waals surface area contributed by atoms with Gasteiger partial charge in [0.25, 0.3) is 0 Å². The van der Waals surface area contributed by atoms with Gasteiger partial charge >= 0.3 is 17.1 Å². The van der Waals surface area contributed by atoms with Gasteiger partial charge in [-0.1, -0.05) is 0 Å². The van der Waals surface area contributed by atoms with Crippen molar-refractivity contribution >= 4 is 0 Å². The van der Waals surface area contributed by atoms with Gasteiger partial charge in [-0.25, -0.2) is 24.0 Å². The Morgan fingerprint density at radius 3 is 2.27 bits per heavy atom. The summed E-state index contributed by atoms with van der Waals surface area (Å²) in [7, 11) is 0. The summed E-state index contributed by atoms with van der Waals surface area (Å²) in [5.41, 5.74) is -2.46. The van der Waals surface area contributed by atoms with E-state index in [1.54, 1.807) is 6.92 Å². The Morgan fingerprint density at radius 2 is 1.80 bits per heavy atom. The summed E-state index contributed by atoms with van der Waals surface area (Å²) < 4.78 is 1.97. The lowest BCUT2D eigenvalue weighted by molar-refractivity contribution is 0.544. The van der Waals surface area contributed by atoms with Crippen LogP contribution in [0.1, 0.15) is 5.82 Å². The van der Waals surface area contributed by atoms with Crippen molar-refractivity contribution in [3.63, 3.8) is 0 Å². The highest BCUT2D eigenvalue weighted by Crippen LogP contribution is 1.90. The summed E-state index contributed by atoms with van der Waals surface area (Å²) in [5, 5.41) is 0. The van der Waals surface area contributed by atoms with E-state index in [0.717, 1.165) is 4.68 Å². The second-order valence-corrected chi connectivity index (χ2v) is 2.82. The zero-order valence-electron chi connectivity index (χ0n) is 7.72. The monoisotopic (exact) mass is 209 g/mol. The molecule has 0 atom stereocenters. The fourth-order valence-corrected chi connectivity index (χ4v) is 1.20. The highest BCUT2D eigenvalue weighted by atomic mass is 16.2. The molecule has 0 amide bonds. The van der Waals surface area contributed by atoms with Crippen LogP contribution in [0.25, 0.3) is 0 Å². The van der Waals surface area contributed by atoms with Crippen molar-refractivity contribution in [1.82, 2.24) is 24.3 Å². The van der Waals surface area contributed by atoms with E-state index in [-0.39, 0.29) is 0 Å². The SMILES string of the molecule is Cc1nccn1-n1c(=O)[nH]c(=O)[nH]c1=O. The largest absolute Gasteiger partial charge is 0.353 e. The number of aromatic nitrogens is 5. The molecule has 15 heavy (non-hydrogen) atoms. The second-order valence-electron chi connectivity index (χ2n) is 2.82. The number of nitrogens with zero attached hydrogens (tertiary/aromatic N) is 3. The molecule has 2 aromatic heterocycles. The molecular formula is C7H7N5O3. The minimum absolute atomic E-state index is 0.453. The van der Waals surface area contributed by atoms with Crippen LogP contribution in [-0.2, 0) is 0 Å². The molecular weight excluding hydrogens is 202 g/mol. The molecule has 0 saturated carbocycles. The van der Waals surface area contributed by atoms with E-state index in [9.17, 15) is 14.4 Å². The zero-order chi connectivity index (χ0) is 11.0. The molecule has 78 valence electrons. The van der Waals surface area contributed by atoms with Crippen molar-refractivity contribution < 1.29 is 0 Å². The summed E-state index contributed by atoms with van der Waals surface area (Å²) in [4.78, 5) is 41.2. The first-order chi connectivity index (χ1) is 7.09. The van der Waals surface area contributed by atoms with Gasteiger partial charge in [0.2, 0.25) is 0 Å². The van der Waals surface area contributed by atoms with Crippen LogP contribution in [0.2, 0.25) is 0 Å². The number of aryl methyl sites for hydroxylation is 1. The smallest absolute Gasteiger partial charge is 0.257 e. The minimum atomic E-state index is -0.834. The molecule has 0 spiro atoms. The summed E-state index contributed by atoms with van der Waals surface area (Å²) >= 11 is 0. The van der Waals surface area contributed by atoms with E-state index < -0.39 is 17.1 Å². The number of hydrogen-bond acceptors (Lipinski definition) is 4. The lowest BCUT2D eigenvalue weighted by Crippen LogP contribution is -2.46. The Balaban J connectivity index is 2.86. The minimum Gasteiger partial charge on any atom is -0.257 e. The van der Waals surface area contributed by atoms with E-state index >= 15 is 0 Å². The Hall–Kier alpha value is -2.38. The van der Waals surface area contributed by atoms with Crippen LogP contribution in [0.4, 0.5) is 0 Å². The van der Waals surface area contributed by atoms with Crippen molar-refractivity contribution in [2.75, 3.05) is 0 Å². The van der Waals surface area contributed by atoms with Crippen molar-refractivity contribution in [2.45, 2.75) is 6.92 Å². The highest BCUT2D eigenvalue weighted by molar-refractivity contribution is 4.90. The summed E-state index contributed by atoms with van der Waals surface area (Å²) in [6.45, 7) is 1.62. The van der Waals surface area contributed by atoms with Gasteiger partial charge in [0.1, 0.15) is 5.82 Å². The molecule has 0 saturated heterocycles. The van der Waals surface area contributed by atoms with Gasteiger partial charge in [-0.2, -0.15) is 0 Å². The van der Waals surface area contributed by atoms with Crippen LogP contribution < -0.4 is 17.1 Å². The van der Waals surface area contributed by atoms with Gasteiger partial charge < -0.3 is 0 Å². The standard InChI is InChI=1S/C7H7N5O3/c1-4-8-2-3-11(4)12-6(14)9-5(13)10-7(12)15/h2-3H,1H3,(H2,9,10,13,14,15). The number of aromatic amines is 2. The zero-order valence-corrected chi connectivity index (χ0v) is 7.72. The van der Waals surface area contributed by atoms with Gasteiger partial charge in [-0.15, -0.1) is 4.68 Å². The van der Waals surface area contributed by atoms with Gasteiger partial charge in [0, 0.05) is 12.4 Å². The molecule has 2 N–H and O–H groups in total. The molecule has 0 aliphatic heterocycles. The average Bonchev–Trinajstić information content (AvgIpc) is 2.50. The van der Waals surface area contributed by atoms with Crippen LogP contribution in [0, 0.1) is 6.92 Å². The lowest BCUT2D eigenvalue weighted by atomic mass is 10.7. The van der Waals surface area contributed by atoms with Crippen LogP contribution in [0.3, 0.4) is 0 Å². The Labute approximate surface area is 81.8 Å². The predicted octanol–water partition coefficient (Wildman–Crippen LogP) is -1.96. The normalized spacial score (nSPS) is 10.5. The molecule has 2 rings (SSSR count). The van der Waals surface area contributed by atoms with E-state index in [4.69, 9.17) is 0 Å². The molecule has 0 aliphatic rings. The molecule has 0 radical (unpaired) electrons. The van der Waals surface area contributed by atoms with Crippen LogP contribution >= 0.6 is 0 Å². The first-order valence-electron chi connectivity index (χ1n) is 4.06. The third kappa shape index (κ3) is 1.41. The first-order valence-corrected chi connectivity index (χ1v) is 4.06. The highest BCUT2D eigenvalue weighted by Gasteiger charge is 2.06. The van der Waals surface area contributed by atoms with E-state index in [0.29, 0.717) is 5.82 Å². The maximum absolute atomic E-state index is 11.4. The maximum atomic E-state index is 11.4. The van der Waals surface area contributed by atoms with Crippen molar-refractivity contribution in [1.29, 1.82) is 0 Å². The Kier molecular flexibility index (Phi) is 1.89.